The molecule has 2 N–H and O–H groups in total. The molecule has 2 rings (SSSR count). The second kappa shape index (κ2) is 6.41. The number of rotatable bonds is 6. The lowest BCUT2D eigenvalue weighted by Crippen LogP contribution is -2.07. The predicted octanol–water partition coefficient (Wildman–Crippen LogP) is 3.42. The Morgan fingerprint density at radius 1 is 1.11 bits per heavy atom. The standard InChI is InChI=1S/C16H23N3/c1-3-8-15-18-14(16(17)19(15)11-4-2)12-13-9-6-5-7-10-13/h5-7,9-10H,3-4,8,11-12,17H2,1-2H3. The van der Waals surface area contributed by atoms with Crippen LogP contribution in [0.2, 0.25) is 0 Å². The molecule has 0 saturated heterocycles. The average Bonchev–Trinajstić information content (AvgIpc) is 2.70. The van der Waals surface area contributed by atoms with E-state index in [1.54, 1.807) is 0 Å². The third-order valence-electron chi connectivity index (χ3n) is 3.30. The topological polar surface area (TPSA) is 43.8 Å². The zero-order valence-corrected chi connectivity index (χ0v) is 11.9. The molecule has 0 aliphatic rings. The molecule has 19 heavy (non-hydrogen) atoms. The fourth-order valence-corrected chi connectivity index (χ4v) is 2.38. The Kier molecular flexibility index (Phi) is 4.61. The Hall–Kier alpha value is -1.77. The average molecular weight is 257 g/mol. The fraction of sp³-hybridized carbons (Fsp3) is 0.438. The zero-order valence-electron chi connectivity index (χ0n) is 11.9. The van der Waals surface area contributed by atoms with E-state index in [0.717, 1.165) is 49.6 Å². The van der Waals surface area contributed by atoms with Crippen molar-refractivity contribution in [2.45, 2.75) is 46.1 Å². The molecule has 0 amide bonds. The van der Waals surface area contributed by atoms with Gasteiger partial charge in [-0.3, -0.25) is 0 Å². The van der Waals surface area contributed by atoms with Gasteiger partial charge in [-0.05, 0) is 18.4 Å². The van der Waals surface area contributed by atoms with Gasteiger partial charge in [-0.1, -0.05) is 44.2 Å². The van der Waals surface area contributed by atoms with Crippen LogP contribution in [0.4, 0.5) is 5.82 Å². The van der Waals surface area contributed by atoms with Crippen LogP contribution in [0.25, 0.3) is 0 Å². The van der Waals surface area contributed by atoms with Gasteiger partial charge in [0.05, 0.1) is 5.69 Å². The van der Waals surface area contributed by atoms with Crippen molar-refractivity contribution < 1.29 is 0 Å². The van der Waals surface area contributed by atoms with E-state index in [0.29, 0.717) is 0 Å². The summed E-state index contributed by atoms with van der Waals surface area (Å²) >= 11 is 0. The number of nitrogens with two attached hydrogens (primary N) is 1. The smallest absolute Gasteiger partial charge is 0.127 e. The summed E-state index contributed by atoms with van der Waals surface area (Å²) in [4.78, 5) is 4.75. The van der Waals surface area contributed by atoms with Crippen LogP contribution in [0.1, 0.15) is 43.8 Å². The minimum absolute atomic E-state index is 0.820. The van der Waals surface area contributed by atoms with Crippen LogP contribution in [0.15, 0.2) is 30.3 Å². The first-order valence-electron chi connectivity index (χ1n) is 7.13. The van der Waals surface area contributed by atoms with Crippen molar-refractivity contribution in [1.82, 2.24) is 9.55 Å². The number of nitrogen functional groups attached to an aromatic ring is 1. The van der Waals surface area contributed by atoms with Crippen molar-refractivity contribution in [3.05, 3.63) is 47.4 Å². The summed E-state index contributed by atoms with van der Waals surface area (Å²) in [6.07, 6.45) is 4.01. The fourth-order valence-electron chi connectivity index (χ4n) is 2.38. The summed E-state index contributed by atoms with van der Waals surface area (Å²) in [7, 11) is 0. The number of benzene rings is 1. The van der Waals surface area contributed by atoms with Crippen LogP contribution >= 0.6 is 0 Å². The molecular weight excluding hydrogens is 234 g/mol. The molecule has 0 aliphatic carbocycles. The van der Waals surface area contributed by atoms with Crippen LogP contribution in [0, 0.1) is 0 Å². The van der Waals surface area contributed by atoms with Gasteiger partial charge < -0.3 is 10.3 Å². The van der Waals surface area contributed by atoms with Gasteiger partial charge >= 0.3 is 0 Å². The van der Waals surface area contributed by atoms with E-state index in [2.05, 4.69) is 42.7 Å². The lowest BCUT2D eigenvalue weighted by atomic mass is 10.1. The number of nitrogens with zero attached hydrogens (tertiary/aromatic N) is 2. The maximum Gasteiger partial charge on any atom is 0.127 e. The van der Waals surface area contributed by atoms with E-state index in [1.807, 2.05) is 6.07 Å². The van der Waals surface area contributed by atoms with Crippen LogP contribution < -0.4 is 5.73 Å². The Morgan fingerprint density at radius 2 is 1.84 bits per heavy atom. The molecule has 2 aromatic rings. The second-order valence-corrected chi connectivity index (χ2v) is 4.92. The molecule has 0 spiro atoms. The van der Waals surface area contributed by atoms with Crippen molar-refractivity contribution in [3.8, 4) is 0 Å². The number of hydrogen-bond donors (Lipinski definition) is 1. The zero-order chi connectivity index (χ0) is 13.7. The summed E-state index contributed by atoms with van der Waals surface area (Å²) in [5.41, 5.74) is 8.55. The molecular formula is C16H23N3. The summed E-state index contributed by atoms with van der Waals surface area (Å²) in [5.74, 6) is 1.97. The molecule has 0 fully saturated rings. The highest BCUT2D eigenvalue weighted by Gasteiger charge is 2.13. The summed E-state index contributed by atoms with van der Waals surface area (Å²) in [6, 6.07) is 10.4. The molecule has 3 nitrogen and oxygen atoms in total. The maximum absolute atomic E-state index is 6.27. The number of imidazole rings is 1. The third kappa shape index (κ3) is 3.16. The van der Waals surface area contributed by atoms with Gasteiger partial charge in [-0.2, -0.15) is 0 Å². The Bertz CT molecular complexity index is 514. The van der Waals surface area contributed by atoms with E-state index in [-0.39, 0.29) is 0 Å². The first-order chi connectivity index (χ1) is 9.26. The quantitative estimate of drug-likeness (QED) is 0.861. The predicted molar refractivity (Wildman–Crippen MR) is 80.2 cm³/mol. The van der Waals surface area contributed by atoms with Gasteiger partial charge in [0, 0.05) is 19.4 Å². The van der Waals surface area contributed by atoms with E-state index in [1.165, 1.54) is 5.56 Å². The van der Waals surface area contributed by atoms with Crippen molar-refractivity contribution in [2.24, 2.45) is 0 Å². The van der Waals surface area contributed by atoms with Gasteiger partial charge in [0.1, 0.15) is 11.6 Å². The van der Waals surface area contributed by atoms with E-state index >= 15 is 0 Å². The Morgan fingerprint density at radius 3 is 2.47 bits per heavy atom. The van der Waals surface area contributed by atoms with Crippen LogP contribution in [-0.2, 0) is 19.4 Å². The second-order valence-electron chi connectivity index (χ2n) is 4.92. The highest BCUT2D eigenvalue weighted by molar-refractivity contribution is 5.41. The molecule has 0 radical (unpaired) electrons. The van der Waals surface area contributed by atoms with Gasteiger partial charge in [0.15, 0.2) is 0 Å². The largest absolute Gasteiger partial charge is 0.384 e. The van der Waals surface area contributed by atoms with Crippen molar-refractivity contribution in [3.63, 3.8) is 0 Å². The summed E-state index contributed by atoms with van der Waals surface area (Å²) < 4.78 is 2.18. The molecule has 0 unspecified atom stereocenters. The molecule has 0 aliphatic heterocycles. The summed E-state index contributed by atoms with van der Waals surface area (Å²) in [5, 5.41) is 0. The van der Waals surface area contributed by atoms with E-state index in [9.17, 15) is 0 Å². The molecule has 1 aromatic carbocycles. The minimum Gasteiger partial charge on any atom is -0.384 e. The molecule has 1 heterocycles. The lowest BCUT2D eigenvalue weighted by molar-refractivity contribution is 0.637. The lowest BCUT2D eigenvalue weighted by Gasteiger charge is -2.07. The molecule has 102 valence electrons. The molecule has 0 bridgehead atoms. The minimum atomic E-state index is 0.820. The van der Waals surface area contributed by atoms with Crippen LogP contribution in [-0.4, -0.2) is 9.55 Å². The number of aryl methyl sites for hydroxylation is 1. The first kappa shape index (κ1) is 13.7. The highest BCUT2D eigenvalue weighted by atomic mass is 15.1. The molecule has 1 aromatic heterocycles. The molecule has 3 heteroatoms. The Labute approximate surface area is 115 Å². The normalized spacial score (nSPS) is 10.8. The van der Waals surface area contributed by atoms with E-state index < -0.39 is 0 Å². The van der Waals surface area contributed by atoms with Crippen molar-refractivity contribution in [1.29, 1.82) is 0 Å². The molecule has 0 atom stereocenters. The molecule has 0 saturated carbocycles. The van der Waals surface area contributed by atoms with Gasteiger partial charge in [-0.15, -0.1) is 0 Å². The highest BCUT2D eigenvalue weighted by Crippen LogP contribution is 2.19. The van der Waals surface area contributed by atoms with Crippen molar-refractivity contribution in [2.75, 3.05) is 5.73 Å². The summed E-state index contributed by atoms with van der Waals surface area (Å²) in [6.45, 7) is 5.31. The van der Waals surface area contributed by atoms with Gasteiger partial charge in [-0.25, -0.2) is 4.98 Å². The van der Waals surface area contributed by atoms with E-state index in [4.69, 9.17) is 10.7 Å². The number of anilines is 1. The monoisotopic (exact) mass is 257 g/mol. The van der Waals surface area contributed by atoms with Crippen LogP contribution in [0.3, 0.4) is 0 Å². The first-order valence-corrected chi connectivity index (χ1v) is 7.13. The Balaban J connectivity index is 2.28. The number of hydrogen-bond acceptors (Lipinski definition) is 2. The van der Waals surface area contributed by atoms with Crippen LogP contribution in [0.5, 0.6) is 0 Å². The van der Waals surface area contributed by atoms with Crippen molar-refractivity contribution >= 4 is 5.82 Å². The third-order valence-corrected chi connectivity index (χ3v) is 3.30. The SMILES string of the molecule is CCCc1nc(Cc2ccccc2)c(N)n1CCC. The van der Waals surface area contributed by atoms with Gasteiger partial charge in [0.25, 0.3) is 0 Å². The van der Waals surface area contributed by atoms with Gasteiger partial charge in [0.2, 0.25) is 0 Å². The maximum atomic E-state index is 6.27. The number of aromatic nitrogens is 2.